The number of aromatic nitrogens is 2. The number of imidazole rings is 1. The smallest absolute Gasteiger partial charge is 0.0951 e. The molecule has 2 unspecified atom stereocenters. The minimum absolute atomic E-state index is 0.551. The van der Waals surface area contributed by atoms with Crippen molar-refractivity contribution >= 4 is 0 Å². The summed E-state index contributed by atoms with van der Waals surface area (Å²) >= 11 is 0. The molecule has 0 bridgehead atoms. The molecule has 3 atom stereocenters. The second-order valence-electron chi connectivity index (χ2n) is 5.35. The Balaban J connectivity index is 1.86. The molecular weight excluding hydrogens is 198 g/mol. The fraction of sp³-hybridized carbons (Fsp3) is 0.769. The zero-order chi connectivity index (χ0) is 11.0. The lowest BCUT2D eigenvalue weighted by Gasteiger charge is -2.22. The Morgan fingerprint density at radius 3 is 2.94 bits per heavy atom. The zero-order valence-electron chi connectivity index (χ0n) is 10.0. The highest BCUT2D eigenvalue weighted by atomic mass is 15.1. The van der Waals surface area contributed by atoms with E-state index in [0.29, 0.717) is 12.1 Å². The van der Waals surface area contributed by atoms with Gasteiger partial charge in [-0.25, -0.2) is 4.98 Å². The Kier molecular flexibility index (Phi) is 2.72. The van der Waals surface area contributed by atoms with E-state index in [4.69, 9.17) is 0 Å². The minimum Gasteiger partial charge on any atom is -0.330 e. The number of hydrogen-bond donors (Lipinski definition) is 1. The molecule has 2 heterocycles. The van der Waals surface area contributed by atoms with Gasteiger partial charge in [0.25, 0.3) is 0 Å². The lowest BCUT2D eigenvalue weighted by atomic mass is 10.1. The highest BCUT2D eigenvalue weighted by molar-refractivity contribution is 5.09. The molecule has 3 heteroatoms. The lowest BCUT2D eigenvalue weighted by Crippen LogP contribution is -2.20. The Labute approximate surface area is 97.3 Å². The third-order valence-corrected chi connectivity index (χ3v) is 4.29. The van der Waals surface area contributed by atoms with Gasteiger partial charge in [0.05, 0.1) is 12.0 Å². The van der Waals surface area contributed by atoms with Gasteiger partial charge in [-0.1, -0.05) is 13.3 Å². The van der Waals surface area contributed by atoms with Crippen LogP contribution in [0.3, 0.4) is 0 Å². The second kappa shape index (κ2) is 4.21. The molecule has 0 amide bonds. The van der Waals surface area contributed by atoms with Crippen LogP contribution in [0.25, 0.3) is 0 Å². The van der Waals surface area contributed by atoms with Crippen molar-refractivity contribution in [2.75, 3.05) is 6.54 Å². The summed E-state index contributed by atoms with van der Waals surface area (Å²) in [6.07, 6.45) is 10.8. The lowest BCUT2D eigenvalue weighted by molar-refractivity contribution is 0.386. The molecule has 0 spiro atoms. The molecule has 2 fully saturated rings. The van der Waals surface area contributed by atoms with E-state index in [0.717, 1.165) is 12.5 Å². The largest absolute Gasteiger partial charge is 0.330 e. The van der Waals surface area contributed by atoms with Crippen LogP contribution in [0.15, 0.2) is 12.5 Å². The summed E-state index contributed by atoms with van der Waals surface area (Å²) in [5.41, 5.74) is 1.41. The first-order chi connectivity index (χ1) is 7.86. The van der Waals surface area contributed by atoms with E-state index < -0.39 is 0 Å². The predicted molar refractivity (Wildman–Crippen MR) is 64.3 cm³/mol. The quantitative estimate of drug-likeness (QED) is 0.828. The summed E-state index contributed by atoms with van der Waals surface area (Å²) in [6.45, 7) is 3.54. The van der Waals surface area contributed by atoms with Crippen molar-refractivity contribution in [2.24, 2.45) is 5.92 Å². The molecule has 1 aliphatic heterocycles. The summed E-state index contributed by atoms with van der Waals surface area (Å²) in [5.74, 6) is 0.814. The van der Waals surface area contributed by atoms with E-state index in [1.54, 1.807) is 0 Å². The molecule has 1 saturated carbocycles. The Morgan fingerprint density at radius 2 is 2.25 bits per heavy atom. The highest BCUT2D eigenvalue weighted by Gasteiger charge is 2.28. The highest BCUT2D eigenvalue weighted by Crippen LogP contribution is 2.37. The van der Waals surface area contributed by atoms with Crippen LogP contribution < -0.4 is 5.32 Å². The van der Waals surface area contributed by atoms with Crippen LogP contribution in [-0.4, -0.2) is 16.1 Å². The van der Waals surface area contributed by atoms with Gasteiger partial charge in [-0.15, -0.1) is 0 Å². The summed E-state index contributed by atoms with van der Waals surface area (Å²) in [4.78, 5) is 4.37. The van der Waals surface area contributed by atoms with Gasteiger partial charge in [0.1, 0.15) is 0 Å². The molecule has 2 aliphatic rings. The second-order valence-corrected chi connectivity index (χ2v) is 5.35. The van der Waals surface area contributed by atoms with Crippen LogP contribution in [0.2, 0.25) is 0 Å². The van der Waals surface area contributed by atoms with Gasteiger partial charge in [-0.05, 0) is 38.1 Å². The molecule has 0 radical (unpaired) electrons. The van der Waals surface area contributed by atoms with E-state index in [2.05, 4.69) is 28.0 Å². The normalized spacial score (nSPS) is 34.7. The van der Waals surface area contributed by atoms with Crippen molar-refractivity contribution < 1.29 is 0 Å². The fourth-order valence-corrected chi connectivity index (χ4v) is 3.34. The van der Waals surface area contributed by atoms with Gasteiger partial charge in [-0.3, -0.25) is 0 Å². The van der Waals surface area contributed by atoms with Gasteiger partial charge in [0.2, 0.25) is 0 Å². The van der Waals surface area contributed by atoms with Gasteiger partial charge >= 0.3 is 0 Å². The van der Waals surface area contributed by atoms with Crippen LogP contribution in [0.4, 0.5) is 0 Å². The Bertz CT molecular complexity index is 352. The van der Waals surface area contributed by atoms with Crippen LogP contribution in [0, 0.1) is 5.92 Å². The topological polar surface area (TPSA) is 29.9 Å². The first-order valence-electron chi connectivity index (χ1n) is 6.61. The molecule has 1 N–H and O–H groups in total. The molecule has 1 aromatic heterocycles. The van der Waals surface area contributed by atoms with Gasteiger partial charge < -0.3 is 9.88 Å². The first-order valence-corrected chi connectivity index (χ1v) is 6.61. The third-order valence-electron chi connectivity index (χ3n) is 4.29. The van der Waals surface area contributed by atoms with Crippen molar-refractivity contribution in [3.8, 4) is 0 Å². The van der Waals surface area contributed by atoms with Crippen molar-refractivity contribution in [2.45, 2.75) is 51.1 Å². The van der Waals surface area contributed by atoms with Gasteiger partial charge in [-0.2, -0.15) is 0 Å². The molecule has 0 aromatic carbocycles. The summed E-state index contributed by atoms with van der Waals surface area (Å²) in [5, 5.41) is 3.58. The van der Waals surface area contributed by atoms with Crippen molar-refractivity contribution in [3.05, 3.63) is 18.2 Å². The van der Waals surface area contributed by atoms with Crippen molar-refractivity contribution in [3.63, 3.8) is 0 Å². The van der Waals surface area contributed by atoms with E-state index in [1.807, 2.05) is 6.33 Å². The van der Waals surface area contributed by atoms with E-state index in [9.17, 15) is 0 Å². The fourth-order valence-electron chi connectivity index (χ4n) is 3.34. The molecule has 1 saturated heterocycles. The maximum Gasteiger partial charge on any atom is 0.0951 e. The average molecular weight is 219 g/mol. The number of nitrogens with one attached hydrogen (secondary N) is 1. The van der Waals surface area contributed by atoms with Crippen LogP contribution in [-0.2, 0) is 0 Å². The molecule has 1 aromatic rings. The molecule has 16 heavy (non-hydrogen) atoms. The summed E-state index contributed by atoms with van der Waals surface area (Å²) in [7, 11) is 0. The van der Waals surface area contributed by atoms with Crippen molar-refractivity contribution in [1.82, 2.24) is 14.9 Å². The summed E-state index contributed by atoms with van der Waals surface area (Å²) in [6, 6.07) is 1.25. The molecule has 3 nitrogen and oxygen atoms in total. The van der Waals surface area contributed by atoms with E-state index in [-0.39, 0.29) is 0 Å². The van der Waals surface area contributed by atoms with Gasteiger partial charge in [0, 0.05) is 18.3 Å². The van der Waals surface area contributed by atoms with E-state index >= 15 is 0 Å². The van der Waals surface area contributed by atoms with Crippen molar-refractivity contribution in [1.29, 1.82) is 0 Å². The molecule has 88 valence electrons. The minimum atomic E-state index is 0.551. The number of rotatable bonds is 2. The zero-order valence-corrected chi connectivity index (χ0v) is 10.0. The van der Waals surface area contributed by atoms with Crippen LogP contribution in [0.5, 0.6) is 0 Å². The van der Waals surface area contributed by atoms with Gasteiger partial charge in [0.15, 0.2) is 0 Å². The standard InChI is InChI=1S/C13H21N3/c1-10-4-2-6-12(10)16-9-14-8-13(16)11-5-3-7-15-11/h8-12,15H,2-7H2,1H3/t10?,11-,12?/m0/s1. The average Bonchev–Trinajstić information content (AvgIpc) is 2.95. The maximum atomic E-state index is 4.37. The first kappa shape index (κ1) is 10.3. The maximum absolute atomic E-state index is 4.37. The number of nitrogens with zero attached hydrogens (tertiary/aromatic N) is 2. The summed E-state index contributed by atoms with van der Waals surface area (Å²) < 4.78 is 2.45. The predicted octanol–water partition coefficient (Wildman–Crippen LogP) is 2.67. The third kappa shape index (κ3) is 1.67. The van der Waals surface area contributed by atoms with Crippen LogP contribution >= 0.6 is 0 Å². The Morgan fingerprint density at radius 1 is 1.31 bits per heavy atom. The van der Waals surface area contributed by atoms with E-state index in [1.165, 1.54) is 37.8 Å². The number of hydrogen-bond acceptors (Lipinski definition) is 2. The molecule has 1 aliphatic carbocycles. The monoisotopic (exact) mass is 219 g/mol. The van der Waals surface area contributed by atoms with Crippen LogP contribution in [0.1, 0.15) is 56.8 Å². The molecule has 3 rings (SSSR count). The Hall–Kier alpha value is -0.830. The molecular formula is C13H21N3. The SMILES string of the molecule is CC1CCCC1n1cncc1[C@@H]1CCCN1.